The fourth-order valence-electron chi connectivity index (χ4n) is 3.31. The summed E-state index contributed by atoms with van der Waals surface area (Å²) in [4.78, 5) is 24.0. The highest BCUT2D eigenvalue weighted by Gasteiger charge is 2.42. The quantitative estimate of drug-likeness (QED) is 0.431. The second-order valence-electron chi connectivity index (χ2n) is 7.49. The molecule has 0 aromatic carbocycles. The minimum atomic E-state index is 0.309. The molecule has 0 N–H and O–H groups in total. The van der Waals surface area contributed by atoms with Crippen molar-refractivity contribution >= 4 is 11.7 Å². The Morgan fingerprint density at radius 3 is 1.79 bits per heavy atom. The molecule has 0 radical (unpaired) electrons. The first-order chi connectivity index (χ1) is 11.4. The van der Waals surface area contributed by atoms with Gasteiger partial charge in [0.15, 0.2) is 0 Å². The van der Waals surface area contributed by atoms with Gasteiger partial charge in [-0.1, -0.05) is 12.2 Å². The molecule has 2 saturated carbocycles. The maximum Gasteiger partial charge on any atom is 0.225 e. The molecule has 2 aliphatic rings. The maximum absolute atomic E-state index is 11.5. The highest BCUT2D eigenvalue weighted by Crippen LogP contribution is 2.43. The van der Waals surface area contributed by atoms with Gasteiger partial charge in [-0.25, -0.2) is 0 Å². The number of unbranched alkanes of at least 4 members (excludes halogenated alkanes) is 2. The van der Waals surface area contributed by atoms with E-state index in [-0.39, 0.29) is 0 Å². The number of carbonyl (C=O) groups excluding carboxylic acids is 2. The molecule has 0 aromatic rings. The number of hydrogen-bond acceptors (Lipinski definition) is 2. The lowest BCUT2D eigenvalue weighted by molar-refractivity contribution is -0.130. The first kappa shape index (κ1) is 20.7. The van der Waals surface area contributed by atoms with Crippen LogP contribution in [0.15, 0.2) is 25.3 Å². The van der Waals surface area contributed by atoms with E-state index in [0.29, 0.717) is 35.4 Å². The molecule has 0 aromatic heterocycles. The third kappa shape index (κ3) is 7.46. The van der Waals surface area contributed by atoms with Gasteiger partial charge in [0.1, 0.15) is 5.78 Å². The van der Waals surface area contributed by atoms with E-state index >= 15 is 0 Å². The van der Waals surface area contributed by atoms with Crippen LogP contribution in [0, 0.1) is 23.7 Å². The first-order valence-electron chi connectivity index (χ1n) is 9.35. The van der Waals surface area contributed by atoms with E-state index in [9.17, 15) is 9.59 Å². The second kappa shape index (κ2) is 10.5. The van der Waals surface area contributed by atoms with Crippen molar-refractivity contribution in [3.05, 3.63) is 25.3 Å². The number of amides is 1. The molecule has 24 heavy (non-hydrogen) atoms. The van der Waals surface area contributed by atoms with E-state index in [0.717, 1.165) is 25.7 Å². The average molecular weight is 334 g/mol. The molecule has 0 bridgehead atoms. The number of Topliss-reactive ketones (excluding diaryl/α,β-unsaturated/α-hetero) is 1. The zero-order chi connectivity index (χ0) is 18.1. The van der Waals surface area contributed by atoms with Crippen LogP contribution in [0.4, 0.5) is 0 Å². The third-order valence-electron chi connectivity index (χ3n) is 5.09. The lowest BCUT2D eigenvalue weighted by atomic mass is 10.1. The fraction of sp³-hybridized carbons (Fsp3) is 0.714. The van der Waals surface area contributed by atoms with Crippen molar-refractivity contribution in [1.82, 2.24) is 4.90 Å². The Hall–Kier alpha value is -1.38. The van der Waals surface area contributed by atoms with Crippen LogP contribution in [0.3, 0.4) is 0 Å². The molecule has 0 saturated heterocycles. The summed E-state index contributed by atoms with van der Waals surface area (Å²) < 4.78 is 0. The van der Waals surface area contributed by atoms with E-state index in [4.69, 9.17) is 0 Å². The van der Waals surface area contributed by atoms with Crippen LogP contribution in [-0.4, -0.2) is 30.7 Å². The molecule has 0 spiro atoms. The van der Waals surface area contributed by atoms with Gasteiger partial charge < -0.3 is 4.90 Å². The summed E-state index contributed by atoms with van der Waals surface area (Å²) in [6.07, 6.45) is 13.1. The van der Waals surface area contributed by atoms with Crippen molar-refractivity contribution < 1.29 is 9.59 Å². The monoisotopic (exact) mass is 333 g/mol. The Kier molecular flexibility index (Phi) is 9.02. The molecule has 2 fully saturated rings. The van der Waals surface area contributed by atoms with Gasteiger partial charge in [-0.3, -0.25) is 9.59 Å². The van der Waals surface area contributed by atoms with Gasteiger partial charge in [0.25, 0.3) is 0 Å². The van der Waals surface area contributed by atoms with Crippen molar-refractivity contribution in [1.29, 1.82) is 0 Å². The molecule has 2 rings (SSSR count). The van der Waals surface area contributed by atoms with Crippen molar-refractivity contribution in [3.8, 4) is 0 Å². The largest absolute Gasteiger partial charge is 0.349 e. The molecule has 136 valence electrons. The zero-order valence-electron chi connectivity index (χ0n) is 15.8. The van der Waals surface area contributed by atoms with Crippen molar-refractivity contribution in [2.24, 2.45) is 23.7 Å². The Morgan fingerprint density at radius 2 is 1.42 bits per heavy atom. The summed E-state index contributed by atoms with van der Waals surface area (Å²) in [5.41, 5.74) is 0. The van der Waals surface area contributed by atoms with Crippen molar-refractivity contribution in [3.63, 3.8) is 0 Å². The number of nitrogens with zero attached hydrogens (tertiary/aromatic N) is 1. The minimum absolute atomic E-state index is 0.309. The van der Waals surface area contributed by atoms with Crippen LogP contribution < -0.4 is 0 Å². The Labute approximate surface area is 148 Å². The third-order valence-corrected chi connectivity index (χ3v) is 5.09. The summed E-state index contributed by atoms with van der Waals surface area (Å²) in [5, 5.41) is 0. The summed E-state index contributed by atoms with van der Waals surface area (Å²) in [6, 6.07) is 0. The molecule has 4 atom stereocenters. The van der Waals surface area contributed by atoms with Crippen LogP contribution >= 0.6 is 0 Å². The van der Waals surface area contributed by atoms with Gasteiger partial charge in [-0.05, 0) is 70.1 Å². The second-order valence-corrected chi connectivity index (χ2v) is 7.49. The fourth-order valence-corrected chi connectivity index (χ4v) is 3.31. The average Bonchev–Trinajstić information content (AvgIpc) is 3.42. The molecule has 1 amide bonds. The SMILES string of the molecule is C=CCCC[C@@H]1C[C@H]1C(=O)N(C)C.C=CCCC[C@@H]1C[C@H]1C(C)=O. The summed E-state index contributed by atoms with van der Waals surface area (Å²) >= 11 is 0. The number of hydrogen-bond donors (Lipinski definition) is 0. The van der Waals surface area contributed by atoms with E-state index in [1.807, 2.05) is 26.2 Å². The summed E-state index contributed by atoms with van der Waals surface area (Å²) in [5.74, 6) is 2.82. The lowest BCUT2D eigenvalue weighted by Crippen LogP contribution is -2.23. The highest BCUT2D eigenvalue weighted by molar-refractivity contribution is 5.81. The number of allylic oxidation sites excluding steroid dienone is 2. The molecule has 3 heteroatoms. The predicted molar refractivity (Wildman–Crippen MR) is 101 cm³/mol. The van der Waals surface area contributed by atoms with Gasteiger partial charge in [-0.2, -0.15) is 0 Å². The molecular weight excluding hydrogens is 298 g/mol. The van der Waals surface area contributed by atoms with E-state index in [2.05, 4.69) is 13.2 Å². The molecule has 0 heterocycles. The Morgan fingerprint density at radius 1 is 0.958 bits per heavy atom. The highest BCUT2D eigenvalue weighted by atomic mass is 16.2. The normalized spacial score (nSPS) is 26.6. The van der Waals surface area contributed by atoms with E-state index < -0.39 is 0 Å². The van der Waals surface area contributed by atoms with E-state index in [1.54, 1.807) is 11.8 Å². The number of ketones is 1. The van der Waals surface area contributed by atoms with Crippen LogP contribution in [0.25, 0.3) is 0 Å². The van der Waals surface area contributed by atoms with Crippen molar-refractivity contribution in [2.75, 3.05) is 14.1 Å². The molecular formula is C21H35NO2. The standard InChI is InChI=1S/C11H19NO.C10H16O/c1-4-5-6-7-9-8-10(9)11(13)12(2)3;1-3-4-5-6-9-7-10(9)8(2)11/h4,9-10H,1,5-8H2,2-3H3;3,9-10H,1,4-7H2,2H3/t9-,10-;9-,10+/m11/s1. The zero-order valence-corrected chi connectivity index (χ0v) is 15.8. The van der Waals surface area contributed by atoms with Gasteiger partial charge >= 0.3 is 0 Å². The topological polar surface area (TPSA) is 37.4 Å². The van der Waals surface area contributed by atoms with Gasteiger partial charge in [0.05, 0.1) is 0 Å². The van der Waals surface area contributed by atoms with E-state index in [1.165, 1.54) is 25.7 Å². The first-order valence-corrected chi connectivity index (χ1v) is 9.35. The number of rotatable bonds is 10. The Balaban J connectivity index is 0.000000243. The van der Waals surface area contributed by atoms with Crippen LogP contribution in [-0.2, 0) is 9.59 Å². The van der Waals surface area contributed by atoms with Crippen molar-refractivity contribution in [2.45, 2.75) is 58.3 Å². The van der Waals surface area contributed by atoms with Gasteiger partial charge in [-0.15, -0.1) is 13.2 Å². The summed E-state index contributed by atoms with van der Waals surface area (Å²) in [7, 11) is 3.67. The molecule has 2 aliphatic carbocycles. The molecule has 0 aliphatic heterocycles. The van der Waals surface area contributed by atoms with Gasteiger partial charge in [0, 0.05) is 25.9 Å². The summed E-state index contributed by atoms with van der Waals surface area (Å²) in [6.45, 7) is 9.06. The lowest BCUT2D eigenvalue weighted by Gasteiger charge is -2.09. The molecule has 3 nitrogen and oxygen atoms in total. The minimum Gasteiger partial charge on any atom is -0.349 e. The van der Waals surface area contributed by atoms with Crippen LogP contribution in [0.1, 0.15) is 58.3 Å². The Bertz CT molecular complexity index is 441. The smallest absolute Gasteiger partial charge is 0.225 e. The van der Waals surface area contributed by atoms with Crippen LogP contribution in [0.2, 0.25) is 0 Å². The van der Waals surface area contributed by atoms with Gasteiger partial charge in [0.2, 0.25) is 5.91 Å². The number of carbonyl (C=O) groups is 2. The molecule has 0 unspecified atom stereocenters. The van der Waals surface area contributed by atoms with Crippen LogP contribution in [0.5, 0.6) is 0 Å². The predicted octanol–water partition coefficient (Wildman–Crippen LogP) is 4.63. The maximum atomic E-state index is 11.5.